The number of rotatable bonds is 3. The Morgan fingerprint density at radius 2 is 2.20 bits per heavy atom. The molecule has 20 heavy (non-hydrogen) atoms. The van der Waals surface area contributed by atoms with Crippen LogP contribution in [0.3, 0.4) is 0 Å². The number of hydrogen-bond donors (Lipinski definition) is 1. The van der Waals surface area contributed by atoms with E-state index in [0.717, 1.165) is 23.2 Å². The minimum absolute atomic E-state index is 0.101. The number of benzene rings is 1. The van der Waals surface area contributed by atoms with E-state index in [1.165, 1.54) is 10.4 Å². The summed E-state index contributed by atoms with van der Waals surface area (Å²) in [4.78, 5) is 14.7. The molecule has 3 nitrogen and oxygen atoms in total. The van der Waals surface area contributed by atoms with Gasteiger partial charge in [-0.25, -0.2) is 0 Å². The first kappa shape index (κ1) is 13.3. The maximum atomic E-state index is 11.7. The molecule has 4 heteroatoms. The number of nitrogens with two attached hydrogens (primary N) is 1. The molecule has 1 atom stereocenters. The number of thiophene rings is 1. The molecule has 0 saturated heterocycles. The zero-order valence-corrected chi connectivity index (χ0v) is 12.5. The summed E-state index contributed by atoms with van der Waals surface area (Å²) >= 11 is 1.71. The molecule has 0 spiro atoms. The second-order valence-corrected chi connectivity index (χ2v) is 6.11. The first-order chi connectivity index (χ1) is 9.61. The number of likely N-dealkylation sites (N-methyl/N-ethyl adjacent to an activating group) is 1. The molecule has 3 rings (SSSR count). The van der Waals surface area contributed by atoms with Gasteiger partial charge in [-0.2, -0.15) is 0 Å². The quantitative estimate of drug-likeness (QED) is 0.943. The van der Waals surface area contributed by atoms with Gasteiger partial charge in [0, 0.05) is 17.6 Å². The minimum Gasteiger partial charge on any atom is -0.320 e. The van der Waals surface area contributed by atoms with E-state index in [2.05, 4.69) is 24.4 Å². The van der Waals surface area contributed by atoms with E-state index in [-0.39, 0.29) is 11.9 Å². The largest absolute Gasteiger partial charge is 0.320 e. The molecule has 2 N–H and O–H groups in total. The monoisotopic (exact) mass is 286 g/mol. The Bertz CT molecular complexity index is 662. The molecule has 0 fully saturated rings. The highest BCUT2D eigenvalue weighted by molar-refractivity contribution is 7.10. The summed E-state index contributed by atoms with van der Waals surface area (Å²) in [5.74, 6) is 0.149. The van der Waals surface area contributed by atoms with Crippen LogP contribution in [0.4, 0.5) is 5.69 Å². The normalized spacial score (nSPS) is 15.6. The van der Waals surface area contributed by atoms with Crippen molar-refractivity contribution in [1.29, 1.82) is 0 Å². The number of fused-ring (bicyclic) bond motifs is 1. The van der Waals surface area contributed by atoms with Gasteiger partial charge in [0.15, 0.2) is 0 Å². The summed E-state index contributed by atoms with van der Waals surface area (Å²) in [6, 6.07) is 8.17. The van der Waals surface area contributed by atoms with Crippen molar-refractivity contribution in [1.82, 2.24) is 0 Å². The molecule has 0 bridgehead atoms. The van der Waals surface area contributed by atoms with Gasteiger partial charge in [0.2, 0.25) is 5.91 Å². The van der Waals surface area contributed by atoms with E-state index < -0.39 is 0 Å². The molecular formula is C16H18N2OS. The third kappa shape index (κ3) is 2.05. The second kappa shape index (κ2) is 5.04. The first-order valence-corrected chi connectivity index (χ1v) is 7.71. The van der Waals surface area contributed by atoms with Gasteiger partial charge in [-0.3, -0.25) is 4.79 Å². The molecule has 2 heterocycles. The highest BCUT2D eigenvalue weighted by Gasteiger charge is 2.25. The Morgan fingerprint density at radius 1 is 1.40 bits per heavy atom. The van der Waals surface area contributed by atoms with E-state index in [1.807, 2.05) is 19.2 Å². The SMILES string of the molecule is CCc1ccsc1C(N)c1ccc2c(c1)CC(=O)N2C. The number of hydrogen-bond acceptors (Lipinski definition) is 3. The van der Waals surface area contributed by atoms with Crippen LogP contribution >= 0.6 is 11.3 Å². The van der Waals surface area contributed by atoms with Crippen molar-refractivity contribution in [3.05, 3.63) is 51.2 Å². The van der Waals surface area contributed by atoms with E-state index in [9.17, 15) is 4.79 Å². The Kier molecular flexibility index (Phi) is 3.36. The minimum atomic E-state index is -0.101. The zero-order chi connectivity index (χ0) is 14.3. The van der Waals surface area contributed by atoms with Gasteiger partial charge >= 0.3 is 0 Å². The summed E-state index contributed by atoms with van der Waals surface area (Å²) in [6.07, 6.45) is 1.48. The molecule has 1 amide bonds. The highest BCUT2D eigenvalue weighted by Crippen LogP contribution is 2.33. The van der Waals surface area contributed by atoms with E-state index >= 15 is 0 Å². The second-order valence-electron chi connectivity index (χ2n) is 5.16. The summed E-state index contributed by atoms with van der Waals surface area (Å²) in [5, 5.41) is 2.10. The van der Waals surface area contributed by atoms with Gasteiger partial charge in [-0.05, 0) is 40.6 Å². The molecule has 0 saturated carbocycles. The van der Waals surface area contributed by atoms with E-state index in [0.29, 0.717) is 6.42 Å². The number of nitrogens with zero attached hydrogens (tertiary/aromatic N) is 1. The predicted octanol–water partition coefficient (Wildman–Crippen LogP) is 2.88. The lowest BCUT2D eigenvalue weighted by molar-refractivity contribution is -0.117. The number of amides is 1. The maximum absolute atomic E-state index is 11.7. The topological polar surface area (TPSA) is 46.3 Å². The fraction of sp³-hybridized carbons (Fsp3) is 0.312. The summed E-state index contributed by atoms with van der Waals surface area (Å²) < 4.78 is 0. The summed E-state index contributed by atoms with van der Waals surface area (Å²) in [5.41, 5.74) is 10.9. The molecular weight excluding hydrogens is 268 g/mol. The van der Waals surface area contributed by atoms with Crippen molar-refractivity contribution in [3.8, 4) is 0 Å². The van der Waals surface area contributed by atoms with Gasteiger partial charge in [0.1, 0.15) is 0 Å². The van der Waals surface area contributed by atoms with Crippen LogP contribution in [0, 0.1) is 0 Å². The standard InChI is InChI=1S/C16H18N2OS/c1-3-10-6-7-20-16(10)15(17)11-4-5-13-12(8-11)9-14(19)18(13)2/h4-8,15H,3,9,17H2,1-2H3. The Labute approximate surface area is 123 Å². The highest BCUT2D eigenvalue weighted by atomic mass is 32.1. The van der Waals surface area contributed by atoms with Gasteiger partial charge < -0.3 is 10.6 Å². The van der Waals surface area contributed by atoms with Crippen molar-refractivity contribution in [3.63, 3.8) is 0 Å². The fourth-order valence-electron chi connectivity index (χ4n) is 2.75. The average Bonchev–Trinajstić information content (AvgIpc) is 3.03. The van der Waals surface area contributed by atoms with Crippen molar-refractivity contribution in [2.45, 2.75) is 25.8 Å². The molecule has 1 aliphatic rings. The molecule has 0 aliphatic carbocycles. The molecule has 0 radical (unpaired) electrons. The van der Waals surface area contributed by atoms with Crippen LogP contribution in [0.15, 0.2) is 29.6 Å². The van der Waals surface area contributed by atoms with Crippen LogP contribution in [-0.4, -0.2) is 13.0 Å². The fourth-order valence-corrected chi connectivity index (χ4v) is 3.77. The van der Waals surface area contributed by atoms with Gasteiger partial charge in [-0.1, -0.05) is 19.1 Å². The molecule has 1 aromatic heterocycles. The lowest BCUT2D eigenvalue weighted by Crippen LogP contribution is -2.20. The maximum Gasteiger partial charge on any atom is 0.231 e. The number of aryl methyl sites for hydroxylation is 1. The smallest absolute Gasteiger partial charge is 0.231 e. The third-order valence-corrected chi connectivity index (χ3v) is 5.03. The van der Waals surface area contributed by atoms with E-state index in [1.54, 1.807) is 16.2 Å². The molecule has 2 aromatic rings. The third-order valence-electron chi connectivity index (χ3n) is 3.98. The van der Waals surface area contributed by atoms with Crippen LogP contribution in [-0.2, 0) is 17.6 Å². The molecule has 1 aromatic carbocycles. The molecule has 104 valence electrons. The number of carbonyl (C=O) groups is 1. The predicted molar refractivity (Wildman–Crippen MR) is 83.3 cm³/mol. The van der Waals surface area contributed by atoms with Crippen LogP contribution < -0.4 is 10.6 Å². The average molecular weight is 286 g/mol. The zero-order valence-electron chi connectivity index (χ0n) is 11.7. The Balaban J connectivity index is 1.96. The van der Waals surface area contributed by atoms with Crippen LogP contribution in [0.1, 0.15) is 34.5 Å². The first-order valence-electron chi connectivity index (χ1n) is 6.83. The summed E-state index contributed by atoms with van der Waals surface area (Å²) in [6.45, 7) is 2.15. The van der Waals surface area contributed by atoms with Crippen molar-refractivity contribution in [2.75, 3.05) is 11.9 Å². The van der Waals surface area contributed by atoms with Crippen molar-refractivity contribution in [2.24, 2.45) is 5.73 Å². The van der Waals surface area contributed by atoms with Crippen LogP contribution in [0.2, 0.25) is 0 Å². The number of anilines is 1. The summed E-state index contributed by atoms with van der Waals surface area (Å²) in [7, 11) is 1.82. The van der Waals surface area contributed by atoms with Crippen molar-refractivity contribution < 1.29 is 4.79 Å². The number of carbonyl (C=O) groups excluding carboxylic acids is 1. The lowest BCUT2D eigenvalue weighted by atomic mass is 9.99. The molecule has 1 aliphatic heterocycles. The Hall–Kier alpha value is -1.65. The van der Waals surface area contributed by atoms with Crippen molar-refractivity contribution >= 4 is 22.9 Å². The van der Waals surface area contributed by atoms with Crippen LogP contribution in [0.25, 0.3) is 0 Å². The van der Waals surface area contributed by atoms with Gasteiger partial charge in [0.05, 0.1) is 12.5 Å². The van der Waals surface area contributed by atoms with Crippen LogP contribution in [0.5, 0.6) is 0 Å². The van der Waals surface area contributed by atoms with Gasteiger partial charge in [-0.15, -0.1) is 11.3 Å². The van der Waals surface area contributed by atoms with Gasteiger partial charge in [0.25, 0.3) is 0 Å². The lowest BCUT2D eigenvalue weighted by Gasteiger charge is -2.15. The molecule has 1 unspecified atom stereocenters. The van der Waals surface area contributed by atoms with E-state index in [4.69, 9.17) is 5.73 Å². The Morgan fingerprint density at radius 3 is 2.95 bits per heavy atom.